The number of carbonyl (C=O) groups is 3. The van der Waals surface area contributed by atoms with Gasteiger partial charge in [0, 0.05) is 30.2 Å². The van der Waals surface area contributed by atoms with Crippen molar-refractivity contribution in [3.63, 3.8) is 0 Å². The first-order valence-electron chi connectivity index (χ1n) is 11.1. The highest BCUT2D eigenvalue weighted by atomic mass is 35.5. The van der Waals surface area contributed by atoms with Crippen LogP contribution in [0.5, 0.6) is 0 Å². The van der Waals surface area contributed by atoms with Gasteiger partial charge in [-0.3, -0.25) is 14.9 Å². The summed E-state index contributed by atoms with van der Waals surface area (Å²) in [5.41, 5.74) is 0.361. The largest absolute Gasteiger partial charge is 0.480 e. The fourth-order valence-electron chi connectivity index (χ4n) is 3.71. The number of hydrogen-bond acceptors (Lipinski definition) is 7. The van der Waals surface area contributed by atoms with Crippen LogP contribution in [0.1, 0.15) is 18.4 Å². The molecule has 1 aliphatic rings. The van der Waals surface area contributed by atoms with Crippen molar-refractivity contribution in [3.05, 3.63) is 69.2 Å². The maximum Gasteiger partial charge on any atom is 0.328 e. The van der Waals surface area contributed by atoms with E-state index < -0.39 is 51.5 Å². The standard InChI is InChI=1S/C22H24ClN5O8S/c23-17-5-2-1-4-14(17)12-24-22(32)25-13-18(21(30)31)26-20(29)19-6-3-11-27(19)37(35,36)16-9-7-15(8-10-16)28(33)34/h1-2,4-5,7-10,18-19H,3,6,11-13H2,(H,26,29)(H,30,31)(H2,24,25,32)/t18-,19-/m0/s1. The number of hydrogen-bond donors (Lipinski definition) is 4. The third-order valence-electron chi connectivity index (χ3n) is 5.64. The Morgan fingerprint density at radius 2 is 1.81 bits per heavy atom. The van der Waals surface area contributed by atoms with Crippen LogP contribution in [0.4, 0.5) is 10.5 Å². The summed E-state index contributed by atoms with van der Waals surface area (Å²) in [4.78, 5) is 46.6. The molecule has 2 aromatic rings. The number of carboxylic acids is 1. The molecule has 1 heterocycles. The van der Waals surface area contributed by atoms with E-state index in [2.05, 4.69) is 16.0 Å². The molecule has 2 atom stereocenters. The summed E-state index contributed by atoms with van der Waals surface area (Å²) in [7, 11) is -4.18. The summed E-state index contributed by atoms with van der Waals surface area (Å²) in [6.07, 6.45) is 0.501. The number of nitrogens with zero attached hydrogens (tertiary/aromatic N) is 2. The molecule has 198 valence electrons. The highest BCUT2D eigenvalue weighted by Crippen LogP contribution is 2.27. The average molecular weight is 554 g/mol. The predicted octanol–water partition coefficient (Wildman–Crippen LogP) is 1.47. The second-order valence-electron chi connectivity index (χ2n) is 8.08. The topological polar surface area (TPSA) is 188 Å². The Bertz CT molecular complexity index is 1290. The van der Waals surface area contributed by atoms with Crippen LogP contribution in [-0.2, 0) is 26.2 Å². The predicted molar refractivity (Wildman–Crippen MR) is 131 cm³/mol. The van der Waals surface area contributed by atoms with Crippen LogP contribution in [0.2, 0.25) is 5.02 Å². The lowest BCUT2D eigenvalue weighted by atomic mass is 10.2. The Hall–Kier alpha value is -3.75. The van der Waals surface area contributed by atoms with Gasteiger partial charge in [0.15, 0.2) is 0 Å². The molecule has 0 aliphatic carbocycles. The van der Waals surface area contributed by atoms with Crippen molar-refractivity contribution in [2.45, 2.75) is 36.4 Å². The molecular weight excluding hydrogens is 530 g/mol. The van der Waals surface area contributed by atoms with Gasteiger partial charge in [0.25, 0.3) is 5.69 Å². The number of urea groups is 1. The first-order chi connectivity index (χ1) is 17.5. The van der Waals surface area contributed by atoms with Crippen LogP contribution >= 0.6 is 11.6 Å². The van der Waals surface area contributed by atoms with Gasteiger partial charge in [-0.05, 0) is 36.6 Å². The molecule has 15 heteroatoms. The number of carboxylic acid groups (broad SMARTS) is 1. The number of benzene rings is 2. The molecule has 0 spiro atoms. The van der Waals surface area contributed by atoms with E-state index in [9.17, 15) is 38.0 Å². The van der Waals surface area contributed by atoms with Crippen molar-refractivity contribution >= 4 is 45.2 Å². The molecule has 3 amide bonds. The monoisotopic (exact) mass is 553 g/mol. The van der Waals surface area contributed by atoms with Crippen LogP contribution in [0.3, 0.4) is 0 Å². The number of halogens is 1. The van der Waals surface area contributed by atoms with Crippen molar-refractivity contribution < 1.29 is 32.8 Å². The maximum absolute atomic E-state index is 13.1. The molecule has 2 aromatic carbocycles. The molecule has 1 fully saturated rings. The number of sulfonamides is 1. The minimum absolute atomic E-state index is 0.0118. The summed E-state index contributed by atoms with van der Waals surface area (Å²) in [6, 6.07) is 7.67. The summed E-state index contributed by atoms with van der Waals surface area (Å²) < 4.78 is 27.1. The van der Waals surface area contributed by atoms with E-state index in [4.69, 9.17) is 11.6 Å². The van der Waals surface area contributed by atoms with E-state index >= 15 is 0 Å². The molecule has 1 saturated heterocycles. The molecule has 37 heavy (non-hydrogen) atoms. The molecule has 0 bridgehead atoms. The Labute approximate surface area is 217 Å². The summed E-state index contributed by atoms with van der Waals surface area (Å²) in [6.45, 7) is -0.359. The lowest BCUT2D eigenvalue weighted by molar-refractivity contribution is -0.384. The van der Waals surface area contributed by atoms with Crippen molar-refractivity contribution in [1.29, 1.82) is 0 Å². The van der Waals surface area contributed by atoms with Gasteiger partial charge in [0.1, 0.15) is 12.1 Å². The van der Waals surface area contributed by atoms with Crippen molar-refractivity contribution in [2.75, 3.05) is 13.1 Å². The Kier molecular flexibility index (Phi) is 9.02. The molecular formula is C22H24ClN5O8S. The van der Waals surface area contributed by atoms with Gasteiger partial charge in [0.2, 0.25) is 15.9 Å². The van der Waals surface area contributed by atoms with E-state index in [1.807, 2.05) is 0 Å². The molecule has 4 N–H and O–H groups in total. The van der Waals surface area contributed by atoms with Gasteiger partial charge in [-0.1, -0.05) is 29.8 Å². The van der Waals surface area contributed by atoms with Crippen molar-refractivity contribution in [2.24, 2.45) is 0 Å². The van der Waals surface area contributed by atoms with E-state index in [-0.39, 0.29) is 30.1 Å². The Morgan fingerprint density at radius 3 is 2.43 bits per heavy atom. The van der Waals surface area contributed by atoms with E-state index in [1.54, 1.807) is 24.3 Å². The minimum atomic E-state index is -4.18. The number of amides is 3. The fourth-order valence-corrected chi connectivity index (χ4v) is 5.57. The smallest absolute Gasteiger partial charge is 0.328 e. The first-order valence-corrected chi connectivity index (χ1v) is 12.9. The first kappa shape index (κ1) is 27.8. The van der Waals surface area contributed by atoms with Crippen molar-refractivity contribution in [1.82, 2.24) is 20.3 Å². The zero-order valence-electron chi connectivity index (χ0n) is 19.3. The average Bonchev–Trinajstić information content (AvgIpc) is 3.37. The molecule has 0 saturated carbocycles. The number of non-ortho nitro benzene ring substituents is 1. The highest BCUT2D eigenvalue weighted by molar-refractivity contribution is 7.89. The maximum atomic E-state index is 13.1. The zero-order chi connectivity index (χ0) is 27.2. The minimum Gasteiger partial charge on any atom is -0.480 e. The molecule has 0 aromatic heterocycles. The van der Waals surface area contributed by atoms with Gasteiger partial charge in [-0.15, -0.1) is 0 Å². The molecule has 13 nitrogen and oxygen atoms in total. The molecule has 3 rings (SSSR count). The summed E-state index contributed by atoms with van der Waals surface area (Å²) >= 11 is 6.03. The Balaban J connectivity index is 1.61. The van der Waals surface area contributed by atoms with Crippen LogP contribution in [0, 0.1) is 10.1 Å². The Morgan fingerprint density at radius 1 is 1.14 bits per heavy atom. The molecule has 1 aliphatic heterocycles. The van der Waals surface area contributed by atoms with Gasteiger partial charge in [-0.25, -0.2) is 18.0 Å². The SMILES string of the molecule is O=C(NCc1ccccc1Cl)NC[C@H](NC(=O)[C@@H]1CCCN1S(=O)(=O)c1ccc([N+](=O)[O-])cc1)C(=O)O. The van der Waals surface area contributed by atoms with Gasteiger partial charge >= 0.3 is 12.0 Å². The van der Waals surface area contributed by atoms with Crippen LogP contribution in [0.15, 0.2) is 53.4 Å². The number of nitrogens with one attached hydrogen (secondary N) is 3. The molecule has 0 radical (unpaired) electrons. The van der Waals surface area contributed by atoms with E-state index in [0.717, 1.165) is 28.6 Å². The van der Waals surface area contributed by atoms with Crippen LogP contribution < -0.4 is 16.0 Å². The fraction of sp³-hybridized carbons (Fsp3) is 0.318. The van der Waals surface area contributed by atoms with Gasteiger partial charge in [0.05, 0.1) is 16.4 Å². The summed E-state index contributed by atoms with van der Waals surface area (Å²) in [5.74, 6) is -2.27. The van der Waals surface area contributed by atoms with Gasteiger partial charge in [-0.2, -0.15) is 4.31 Å². The third kappa shape index (κ3) is 6.93. The zero-order valence-corrected chi connectivity index (χ0v) is 20.9. The number of aliphatic carboxylic acids is 1. The second-order valence-corrected chi connectivity index (χ2v) is 10.4. The van der Waals surface area contributed by atoms with Crippen LogP contribution in [-0.4, -0.2) is 65.8 Å². The van der Waals surface area contributed by atoms with Crippen LogP contribution in [0.25, 0.3) is 0 Å². The lowest BCUT2D eigenvalue weighted by Crippen LogP contribution is -2.54. The van der Waals surface area contributed by atoms with Gasteiger partial charge < -0.3 is 21.1 Å². The number of nitro groups is 1. The van der Waals surface area contributed by atoms with E-state index in [0.29, 0.717) is 17.0 Å². The molecule has 0 unspecified atom stereocenters. The number of carbonyl (C=O) groups excluding carboxylic acids is 2. The summed E-state index contributed by atoms with van der Waals surface area (Å²) in [5, 5.41) is 28.0. The number of rotatable bonds is 10. The quantitative estimate of drug-likeness (QED) is 0.251. The lowest BCUT2D eigenvalue weighted by Gasteiger charge is -2.25. The third-order valence-corrected chi connectivity index (χ3v) is 7.93. The number of nitro benzene ring substituents is 1. The highest BCUT2D eigenvalue weighted by Gasteiger charge is 2.40. The van der Waals surface area contributed by atoms with Crippen molar-refractivity contribution in [3.8, 4) is 0 Å². The second kappa shape index (κ2) is 12.0. The van der Waals surface area contributed by atoms with E-state index in [1.165, 1.54) is 0 Å². The normalized spacial score (nSPS) is 16.5.